The number of nitrogens with one attached hydrogen (secondary N) is 2. The maximum absolute atomic E-state index is 13.2. The summed E-state index contributed by atoms with van der Waals surface area (Å²) in [6.45, 7) is 5.32. The lowest BCUT2D eigenvalue weighted by molar-refractivity contribution is -0.121. The SMILES string of the molecule is Cc1ccc(S(=O)(=O)NC2c3cc(CC(=O)NC4CCCc5ccccc54)ccc3OC(C)(C)C2O)cc1. The Labute approximate surface area is 224 Å². The molecule has 1 amide bonds. The van der Waals surface area contributed by atoms with Crippen molar-refractivity contribution >= 4 is 15.9 Å². The number of aliphatic hydroxyl groups excluding tert-OH is 1. The average Bonchev–Trinajstić information content (AvgIpc) is 2.87. The Morgan fingerprint density at radius 3 is 2.55 bits per heavy atom. The molecule has 7 nitrogen and oxygen atoms in total. The molecule has 0 saturated carbocycles. The Morgan fingerprint density at radius 1 is 1.05 bits per heavy atom. The van der Waals surface area contributed by atoms with E-state index in [0.717, 1.165) is 24.8 Å². The van der Waals surface area contributed by atoms with Crippen LogP contribution >= 0.6 is 0 Å². The van der Waals surface area contributed by atoms with Gasteiger partial charge in [0, 0.05) is 5.56 Å². The molecule has 3 atom stereocenters. The van der Waals surface area contributed by atoms with Crippen LogP contribution in [0, 0.1) is 6.92 Å². The van der Waals surface area contributed by atoms with Gasteiger partial charge >= 0.3 is 0 Å². The lowest BCUT2D eigenvalue weighted by Gasteiger charge is -2.42. The lowest BCUT2D eigenvalue weighted by Crippen LogP contribution is -2.53. The van der Waals surface area contributed by atoms with Gasteiger partial charge in [0.05, 0.1) is 23.4 Å². The number of sulfonamides is 1. The van der Waals surface area contributed by atoms with E-state index >= 15 is 0 Å². The normalized spacial score (nSPS) is 22.1. The Hall–Kier alpha value is -3.20. The van der Waals surface area contributed by atoms with E-state index < -0.39 is 27.8 Å². The van der Waals surface area contributed by atoms with E-state index in [1.165, 1.54) is 11.1 Å². The highest BCUT2D eigenvalue weighted by Gasteiger charge is 2.44. The van der Waals surface area contributed by atoms with Crippen molar-refractivity contribution in [2.45, 2.75) is 75.1 Å². The number of aryl methyl sites for hydroxylation is 2. The highest BCUT2D eigenvalue weighted by atomic mass is 32.2. The van der Waals surface area contributed by atoms with Gasteiger partial charge in [-0.15, -0.1) is 0 Å². The van der Waals surface area contributed by atoms with Gasteiger partial charge in [-0.25, -0.2) is 13.1 Å². The van der Waals surface area contributed by atoms with E-state index in [4.69, 9.17) is 4.74 Å². The maximum Gasteiger partial charge on any atom is 0.241 e. The van der Waals surface area contributed by atoms with E-state index in [9.17, 15) is 18.3 Å². The molecular weight excluding hydrogens is 500 g/mol. The molecular formula is C30H34N2O5S. The van der Waals surface area contributed by atoms with Crippen LogP contribution in [0.25, 0.3) is 0 Å². The third kappa shape index (κ3) is 5.34. The van der Waals surface area contributed by atoms with Gasteiger partial charge in [-0.3, -0.25) is 4.79 Å². The van der Waals surface area contributed by atoms with Crippen LogP contribution in [0.3, 0.4) is 0 Å². The van der Waals surface area contributed by atoms with E-state index in [1.54, 1.807) is 50.2 Å². The fourth-order valence-electron chi connectivity index (χ4n) is 5.37. The molecule has 0 spiro atoms. The Morgan fingerprint density at radius 2 is 1.79 bits per heavy atom. The molecule has 1 aliphatic heterocycles. The molecule has 1 heterocycles. The molecule has 3 unspecified atom stereocenters. The second kappa shape index (κ2) is 10.2. The zero-order valence-corrected chi connectivity index (χ0v) is 22.7. The molecule has 8 heteroatoms. The summed E-state index contributed by atoms with van der Waals surface area (Å²) in [6.07, 6.45) is 1.91. The van der Waals surface area contributed by atoms with Crippen molar-refractivity contribution in [2.75, 3.05) is 0 Å². The largest absolute Gasteiger partial charge is 0.485 e. The van der Waals surface area contributed by atoms with E-state index in [-0.39, 0.29) is 23.3 Å². The summed E-state index contributed by atoms with van der Waals surface area (Å²) < 4.78 is 35.2. The molecule has 38 heavy (non-hydrogen) atoms. The topological polar surface area (TPSA) is 105 Å². The highest BCUT2D eigenvalue weighted by Crippen LogP contribution is 2.41. The molecule has 3 N–H and O–H groups in total. The van der Waals surface area contributed by atoms with Gasteiger partial charge in [0.15, 0.2) is 0 Å². The first-order valence-electron chi connectivity index (χ1n) is 13.0. The van der Waals surface area contributed by atoms with Crippen LogP contribution in [0.5, 0.6) is 5.75 Å². The summed E-state index contributed by atoms with van der Waals surface area (Å²) >= 11 is 0. The molecule has 5 rings (SSSR count). The fourth-order valence-corrected chi connectivity index (χ4v) is 6.59. The molecule has 1 aliphatic carbocycles. The predicted octanol–water partition coefficient (Wildman–Crippen LogP) is 4.28. The second-order valence-electron chi connectivity index (χ2n) is 10.8. The van der Waals surface area contributed by atoms with Gasteiger partial charge < -0.3 is 15.2 Å². The smallest absolute Gasteiger partial charge is 0.241 e. The van der Waals surface area contributed by atoms with E-state index in [1.807, 2.05) is 25.1 Å². The first kappa shape index (κ1) is 26.4. The van der Waals surface area contributed by atoms with Crippen LogP contribution in [-0.4, -0.2) is 31.1 Å². The molecule has 0 radical (unpaired) electrons. The van der Waals surface area contributed by atoms with E-state index in [0.29, 0.717) is 16.9 Å². The lowest BCUT2D eigenvalue weighted by atomic mass is 9.86. The minimum atomic E-state index is -3.93. The molecule has 0 saturated heterocycles. The van der Waals surface area contributed by atoms with Crippen LogP contribution < -0.4 is 14.8 Å². The molecule has 200 valence electrons. The van der Waals surface area contributed by atoms with Gasteiger partial charge in [0.2, 0.25) is 15.9 Å². The summed E-state index contributed by atoms with van der Waals surface area (Å²) in [5, 5.41) is 14.3. The third-order valence-electron chi connectivity index (χ3n) is 7.49. The Kier molecular flexibility index (Phi) is 7.07. The average molecular weight is 535 g/mol. The van der Waals surface area contributed by atoms with Crippen LogP contribution in [0.15, 0.2) is 71.6 Å². The van der Waals surface area contributed by atoms with Gasteiger partial charge in [0.25, 0.3) is 0 Å². The van der Waals surface area contributed by atoms with Crippen molar-refractivity contribution in [2.24, 2.45) is 0 Å². The van der Waals surface area contributed by atoms with Crippen molar-refractivity contribution < 1.29 is 23.1 Å². The van der Waals surface area contributed by atoms with Crippen LogP contribution in [0.4, 0.5) is 0 Å². The number of carbonyl (C=O) groups excluding carboxylic acids is 1. The molecule has 3 aromatic rings. The van der Waals surface area contributed by atoms with Gasteiger partial charge in [-0.1, -0.05) is 48.0 Å². The summed E-state index contributed by atoms with van der Waals surface area (Å²) in [4.78, 5) is 13.2. The number of benzene rings is 3. The number of rotatable bonds is 6. The van der Waals surface area contributed by atoms with Gasteiger partial charge in [-0.2, -0.15) is 0 Å². The molecule has 2 aliphatic rings. The van der Waals surface area contributed by atoms with Gasteiger partial charge in [-0.05, 0) is 81.0 Å². The summed E-state index contributed by atoms with van der Waals surface area (Å²) in [7, 11) is -3.93. The van der Waals surface area contributed by atoms with Crippen LogP contribution in [0.1, 0.15) is 66.6 Å². The molecule has 0 fully saturated rings. The number of fused-ring (bicyclic) bond motifs is 2. The van der Waals surface area contributed by atoms with Crippen LogP contribution in [0.2, 0.25) is 0 Å². The third-order valence-corrected chi connectivity index (χ3v) is 8.95. The zero-order valence-electron chi connectivity index (χ0n) is 21.9. The number of ether oxygens (including phenoxy) is 1. The summed E-state index contributed by atoms with van der Waals surface area (Å²) in [5.74, 6) is 0.364. The van der Waals surface area contributed by atoms with Crippen LogP contribution in [-0.2, 0) is 27.7 Å². The van der Waals surface area contributed by atoms with Crippen molar-refractivity contribution in [1.82, 2.24) is 10.0 Å². The van der Waals surface area contributed by atoms with Gasteiger partial charge in [0.1, 0.15) is 17.5 Å². The molecule has 3 aromatic carbocycles. The monoisotopic (exact) mass is 534 g/mol. The summed E-state index contributed by atoms with van der Waals surface area (Å²) in [6, 6.07) is 19.1. The van der Waals surface area contributed by atoms with Crippen molar-refractivity contribution in [1.29, 1.82) is 0 Å². The zero-order chi connectivity index (χ0) is 27.1. The Balaban J connectivity index is 1.39. The Bertz CT molecular complexity index is 1450. The minimum Gasteiger partial charge on any atom is -0.485 e. The minimum absolute atomic E-state index is 0.0231. The standard InChI is InChI=1S/C30H34N2O5S/c1-19-11-14-22(15-12-19)38(35,36)32-28-24-17-20(13-16-26(24)37-30(2,3)29(28)34)18-27(33)31-25-10-6-8-21-7-4-5-9-23(21)25/h4-5,7,9,11-17,25,28-29,32,34H,6,8,10,18H2,1-3H3,(H,31,33). The van der Waals surface area contributed by atoms with Crippen molar-refractivity contribution in [3.05, 3.63) is 94.5 Å². The highest BCUT2D eigenvalue weighted by molar-refractivity contribution is 7.89. The molecule has 0 bridgehead atoms. The first-order valence-corrected chi connectivity index (χ1v) is 14.5. The quantitative estimate of drug-likeness (QED) is 0.438. The predicted molar refractivity (Wildman–Crippen MR) is 145 cm³/mol. The number of amides is 1. The summed E-state index contributed by atoms with van der Waals surface area (Å²) in [5.41, 5.74) is 3.57. The van der Waals surface area contributed by atoms with Crippen molar-refractivity contribution in [3.63, 3.8) is 0 Å². The number of carbonyl (C=O) groups is 1. The van der Waals surface area contributed by atoms with Crippen molar-refractivity contribution in [3.8, 4) is 5.75 Å². The van der Waals surface area contributed by atoms with E-state index in [2.05, 4.69) is 22.2 Å². The first-order chi connectivity index (χ1) is 18.0. The number of hydrogen-bond acceptors (Lipinski definition) is 5. The fraction of sp³-hybridized carbons (Fsp3) is 0.367. The number of aliphatic hydroxyl groups is 1. The molecule has 0 aromatic heterocycles. The maximum atomic E-state index is 13.2. The second-order valence-corrected chi connectivity index (χ2v) is 12.5. The number of hydrogen-bond donors (Lipinski definition) is 3.